The Morgan fingerprint density at radius 1 is 1.04 bits per heavy atom. The van der Waals surface area contributed by atoms with Crippen LogP contribution in [0.3, 0.4) is 0 Å². The van der Waals surface area contributed by atoms with Gasteiger partial charge in [0.25, 0.3) is 5.89 Å². The van der Waals surface area contributed by atoms with E-state index in [2.05, 4.69) is 20.5 Å². The maximum atomic E-state index is 5.91. The van der Waals surface area contributed by atoms with Crippen molar-refractivity contribution < 1.29 is 9.26 Å². The van der Waals surface area contributed by atoms with Gasteiger partial charge in [-0.05, 0) is 55.5 Å². The quantitative estimate of drug-likeness (QED) is 0.543. The van der Waals surface area contributed by atoms with Gasteiger partial charge in [0.1, 0.15) is 5.75 Å². The van der Waals surface area contributed by atoms with Crippen molar-refractivity contribution in [1.29, 1.82) is 0 Å². The van der Waals surface area contributed by atoms with Gasteiger partial charge in [-0.25, -0.2) is 4.68 Å². The van der Waals surface area contributed by atoms with Crippen LogP contribution >= 0.6 is 11.6 Å². The fourth-order valence-electron chi connectivity index (χ4n) is 2.53. The van der Waals surface area contributed by atoms with Crippen molar-refractivity contribution in [3.05, 3.63) is 59.2 Å². The zero-order valence-electron chi connectivity index (χ0n) is 14.0. The van der Waals surface area contributed by atoms with E-state index >= 15 is 0 Å². The van der Waals surface area contributed by atoms with E-state index in [0.717, 1.165) is 22.7 Å². The first kappa shape index (κ1) is 16.3. The number of halogens is 1. The van der Waals surface area contributed by atoms with Crippen LogP contribution in [0.2, 0.25) is 5.02 Å². The van der Waals surface area contributed by atoms with Crippen molar-refractivity contribution in [2.75, 3.05) is 7.11 Å². The van der Waals surface area contributed by atoms with Crippen molar-refractivity contribution in [3.63, 3.8) is 0 Å². The van der Waals surface area contributed by atoms with Gasteiger partial charge in [0.2, 0.25) is 5.82 Å². The van der Waals surface area contributed by atoms with Crippen LogP contribution < -0.4 is 4.74 Å². The van der Waals surface area contributed by atoms with E-state index in [0.29, 0.717) is 22.4 Å². The predicted molar refractivity (Wildman–Crippen MR) is 96.4 cm³/mol. The Morgan fingerprint density at radius 3 is 2.46 bits per heavy atom. The summed E-state index contributed by atoms with van der Waals surface area (Å²) < 4.78 is 12.3. The highest BCUT2D eigenvalue weighted by molar-refractivity contribution is 6.30. The zero-order valence-corrected chi connectivity index (χ0v) is 14.8. The second kappa shape index (κ2) is 6.61. The monoisotopic (exact) mass is 367 g/mol. The first-order valence-corrected chi connectivity index (χ1v) is 8.20. The van der Waals surface area contributed by atoms with Crippen molar-refractivity contribution in [2.45, 2.75) is 6.92 Å². The largest absolute Gasteiger partial charge is 0.497 e. The molecule has 0 aliphatic carbocycles. The fraction of sp³-hybridized carbons (Fsp3) is 0.111. The molecule has 4 rings (SSSR count). The second-order valence-corrected chi connectivity index (χ2v) is 6.00. The van der Waals surface area contributed by atoms with E-state index in [4.69, 9.17) is 20.9 Å². The van der Waals surface area contributed by atoms with Crippen LogP contribution in [0, 0.1) is 6.92 Å². The van der Waals surface area contributed by atoms with E-state index < -0.39 is 0 Å². The molecule has 2 heterocycles. The van der Waals surface area contributed by atoms with Crippen molar-refractivity contribution in [1.82, 2.24) is 25.1 Å². The summed E-state index contributed by atoms with van der Waals surface area (Å²) in [5, 5.41) is 13.0. The number of ether oxygens (including phenoxy) is 1. The SMILES string of the molecule is COc1ccc(-n2nnc(-c3nc(-c4ccc(Cl)cc4)no3)c2C)cc1. The Kier molecular flexibility index (Phi) is 4.14. The number of rotatable bonds is 4. The highest BCUT2D eigenvalue weighted by atomic mass is 35.5. The molecule has 0 unspecified atom stereocenters. The summed E-state index contributed by atoms with van der Waals surface area (Å²) in [4.78, 5) is 4.42. The lowest BCUT2D eigenvalue weighted by molar-refractivity contribution is 0.414. The Morgan fingerprint density at radius 2 is 1.77 bits per heavy atom. The highest BCUT2D eigenvalue weighted by Crippen LogP contribution is 2.25. The van der Waals surface area contributed by atoms with Gasteiger partial charge in [-0.1, -0.05) is 22.0 Å². The Labute approximate surface area is 154 Å². The van der Waals surface area contributed by atoms with Crippen LogP contribution in [-0.4, -0.2) is 32.2 Å². The fourth-order valence-corrected chi connectivity index (χ4v) is 2.66. The minimum Gasteiger partial charge on any atom is -0.497 e. The number of hydrogen-bond acceptors (Lipinski definition) is 6. The van der Waals surface area contributed by atoms with Crippen LogP contribution in [0.25, 0.3) is 28.7 Å². The second-order valence-electron chi connectivity index (χ2n) is 5.56. The molecule has 0 saturated heterocycles. The van der Waals surface area contributed by atoms with Gasteiger partial charge in [0, 0.05) is 10.6 Å². The number of nitrogens with zero attached hydrogens (tertiary/aromatic N) is 5. The Hall–Kier alpha value is -3.19. The zero-order chi connectivity index (χ0) is 18.1. The molecule has 4 aromatic rings. The lowest BCUT2D eigenvalue weighted by Gasteiger charge is -2.04. The highest BCUT2D eigenvalue weighted by Gasteiger charge is 2.19. The molecule has 0 saturated carbocycles. The molecule has 2 aromatic heterocycles. The number of hydrogen-bond donors (Lipinski definition) is 0. The minimum absolute atomic E-state index is 0.312. The molecule has 0 aliphatic heterocycles. The van der Waals surface area contributed by atoms with Gasteiger partial charge in [-0.15, -0.1) is 5.10 Å². The van der Waals surface area contributed by atoms with Gasteiger partial charge in [0.05, 0.1) is 18.5 Å². The molecule has 0 spiro atoms. The van der Waals surface area contributed by atoms with E-state index in [-0.39, 0.29) is 0 Å². The Balaban J connectivity index is 1.67. The van der Waals surface area contributed by atoms with Gasteiger partial charge in [-0.3, -0.25) is 0 Å². The molecule has 130 valence electrons. The molecule has 0 fully saturated rings. The average molecular weight is 368 g/mol. The summed E-state index contributed by atoms with van der Waals surface area (Å²) in [6, 6.07) is 14.7. The molecular weight excluding hydrogens is 354 g/mol. The smallest absolute Gasteiger partial charge is 0.280 e. The molecule has 0 atom stereocenters. The van der Waals surface area contributed by atoms with Crippen LogP contribution in [0.1, 0.15) is 5.69 Å². The number of methoxy groups -OCH3 is 1. The van der Waals surface area contributed by atoms with E-state index in [1.54, 1.807) is 23.9 Å². The summed E-state index contributed by atoms with van der Waals surface area (Å²) in [6.45, 7) is 1.89. The molecular formula is C18H14ClN5O2. The predicted octanol–water partition coefficient (Wildman–Crippen LogP) is 3.95. The number of aromatic nitrogens is 5. The van der Waals surface area contributed by atoms with Gasteiger partial charge >= 0.3 is 0 Å². The topological polar surface area (TPSA) is 78.9 Å². The van der Waals surface area contributed by atoms with Gasteiger partial charge in [-0.2, -0.15) is 4.98 Å². The summed E-state index contributed by atoms with van der Waals surface area (Å²) in [7, 11) is 1.63. The van der Waals surface area contributed by atoms with Gasteiger partial charge in [0.15, 0.2) is 5.69 Å². The summed E-state index contributed by atoms with van der Waals surface area (Å²) in [6.07, 6.45) is 0. The molecule has 0 radical (unpaired) electrons. The third-order valence-corrected chi connectivity index (χ3v) is 4.19. The standard InChI is InChI=1S/C18H14ClN5O2/c1-11-16(21-23-24(11)14-7-9-15(25-2)10-8-14)18-20-17(22-26-18)12-3-5-13(19)6-4-12/h3-10H,1-2H3. The lowest BCUT2D eigenvalue weighted by Crippen LogP contribution is -1.99. The Bertz CT molecular complexity index is 1040. The third kappa shape index (κ3) is 2.93. The van der Waals surface area contributed by atoms with Crippen molar-refractivity contribution in [3.8, 4) is 34.4 Å². The molecule has 0 bridgehead atoms. The van der Waals surface area contributed by atoms with Crippen molar-refractivity contribution in [2.24, 2.45) is 0 Å². The summed E-state index contributed by atoms with van der Waals surface area (Å²) in [5.41, 5.74) is 3.00. The molecule has 8 heteroatoms. The minimum atomic E-state index is 0.312. The van der Waals surface area contributed by atoms with Crippen LogP contribution in [0.15, 0.2) is 53.1 Å². The molecule has 2 aromatic carbocycles. The molecule has 0 amide bonds. The van der Waals surface area contributed by atoms with Crippen LogP contribution in [-0.2, 0) is 0 Å². The van der Waals surface area contributed by atoms with Gasteiger partial charge < -0.3 is 9.26 Å². The average Bonchev–Trinajstić information content (AvgIpc) is 3.29. The first-order chi connectivity index (χ1) is 12.7. The maximum Gasteiger partial charge on any atom is 0.280 e. The molecule has 0 aliphatic rings. The van der Waals surface area contributed by atoms with E-state index in [1.165, 1.54) is 0 Å². The van der Waals surface area contributed by atoms with Crippen LogP contribution in [0.5, 0.6) is 5.75 Å². The molecule has 0 N–H and O–H groups in total. The third-order valence-electron chi connectivity index (χ3n) is 3.94. The summed E-state index contributed by atoms with van der Waals surface area (Å²) >= 11 is 5.91. The molecule has 26 heavy (non-hydrogen) atoms. The first-order valence-electron chi connectivity index (χ1n) is 7.82. The normalized spacial score (nSPS) is 10.9. The van der Waals surface area contributed by atoms with E-state index in [9.17, 15) is 0 Å². The van der Waals surface area contributed by atoms with E-state index in [1.807, 2.05) is 43.3 Å². The van der Waals surface area contributed by atoms with Crippen molar-refractivity contribution >= 4 is 11.6 Å². The summed E-state index contributed by atoms with van der Waals surface area (Å²) in [5.74, 6) is 1.55. The lowest BCUT2D eigenvalue weighted by atomic mass is 10.2. The van der Waals surface area contributed by atoms with Crippen LogP contribution in [0.4, 0.5) is 0 Å². The number of benzene rings is 2. The maximum absolute atomic E-state index is 5.91. The molecule has 7 nitrogen and oxygen atoms in total.